The Morgan fingerprint density at radius 1 is 1.33 bits per heavy atom. The van der Waals surface area contributed by atoms with Crippen LogP contribution in [0.2, 0.25) is 0 Å². The van der Waals surface area contributed by atoms with Crippen molar-refractivity contribution in [3.8, 4) is 5.75 Å². The van der Waals surface area contributed by atoms with Gasteiger partial charge in [-0.3, -0.25) is 9.59 Å². The summed E-state index contributed by atoms with van der Waals surface area (Å²) in [6.45, 7) is 0.141. The SMILES string of the molecule is COC(=O)C1CCN(C(=O)c2cc(F)c(F)c(O)c2F)C1. The van der Waals surface area contributed by atoms with Gasteiger partial charge < -0.3 is 14.7 Å². The van der Waals surface area contributed by atoms with Gasteiger partial charge in [0.15, 0.2) is 17.4 Å². The van der Waals surface area contributed by atoms with E-state index in [4.69, 9.17) is 5.11 Å². The predicted octanol–water partition coefficient (Wildman–Crippen LogP) is 1.44. The van der Waals surface area contributed by atoms with Gasteiger partial charge in [-0.2, -0.15) is 4.39 Å². The van der Waals surface area contributed by atoms with Gasteiger partial charge in [0.25, 0.3) is 5.91 Å². The molecule has 1 fully saturated rings. The molecule has 0 spiro atoms. The van der Waals surface area contributed by atoms with E-state index in [1.165, 1.54) is 7.11 Å². The number of hydrogen-bond acceptors (Lipinski definition) is 4. The van der Waals surface area contributed by atoms with Gasteiger partial charge in [-0.05, 0) is 12.5 Å². The lowest BCUT2D eigenvalue weighted by molar-refractivity contribution is -0.144. The Morgan fingerprint density at radius 2 is 2.00 bits per heavy atom. The number of ether oxygens (including phenoxy) is 1. The van der Waals surface area contributed by atoms with E-state index in [9.17, 15) is 22.8 Å². The molecule has 0 radical (unpaired) electrons. The van der Waals surface area contributed by atoms with E-state index in [1.54, 1.807) is 0 Å². The van der Waals surface area contributed by atoms with E-state index in [0.717, 1.165) is 4.90 Å². The molecule has 2 rings (SSSR count). The van der Waals surface area contributed by atoms with Crippen LogP contribution in [0, 0.1) is 23.4 Å². The highest BCUT2D eigenvalue weighted by atomic mass is 19.2. The monoisotopic (exact) mass is 303 g/mol. The second-order valence-corrected chi connectivity index (χ2v) is 4.64. The molecule has 1 heterocycles. The Balaban J connectivity index is 2.24. The van der Waals surface area contributed by atoms with Crippen molar-refractivity contribution in [3.63, 3.8) is 0 Å². The van der Waals surface area contributed by atoms with Gasteiger partial charge >= 0.3 is 5.97 Å². The molecule has 1 aromatic carbocycles. The van der Waals surface area contributed by atoms with E-state index in [2.05, 4.69) is 4.74 Å². The summed E-state index contributed by atoms with van der Waals surface area (Å²) in [6.07, 6.45) is 0.329. The van der Waals surface area contributed by atoms with Gasteiger partial charge in [-0.25, -0.2) is 8.78 Å². The maximum atomic E-state index is 13.7. The number of nitrogens with zero attached hydrogens (tertiary/aromatic N) is 1. The molecule has 0 aliphatic carbocycles. The molecule has 0 bridgehead atoms. The number of hydrogen-bond donors (Lipinski definition) is 1. The summed E-state index contributed by atoms with van der Waals surface area (Å²) in [5.41, 5.74) is -0.781. The molecular formula is C13H12F3NO4. The van der Waals surface area contributed by atoms with Crippen molar-refractivity contribution in [1.82, 2.24) is 4.90 Å². The lowest BCUT2D eigenvalue weighted by atomic mass is 10.1. The third-order valence-electron chi connectivity index (χ3n) is 3.37. The largest absolute Gasteiger partial charge is 0.503 e. The van der Waals surface area contributed by atoms with Crippen molar-refractivity contribution in [2.75, 3.05) is 20.2 Å². The quantitative estimate of drug-likeness (QED) is 0.663. The van der Waals surface area contributed by atoms with E-state index in [1.807, 2.05) is 0 Å². The number of rotatable bonds is 2. The predicted molar refractivity (Wildman–Crippen MR) is 64.0 cm³/mol. The highest BCUT2D eigenvalue weighted by Crippen LogP contribution is 2.28. The average Bonchev–Trinajstić information content (AvgIpc) is 2.97. The number of amides is 1. The van der Waals surface area contributed by atoms with E-state index < -0.39 is 46.6 Å². The molecule has 8 heteroatoms. The Kier molecular flexibility index (Phi) is 4.06. The Bertz CT molecular complexity index is 606. The maximum absolute atomic E-state index is 13.7. The van der Waals surface area contributed by atoms with Crippen LogP contribution in [0.5, 0.6) is 5.75 Å². The number of carbonyl (C=O) groups excluding carboxylic acids is 2. The molecule has 1 unspecified atom stereocenters. The topological polar surface area (TPSA) is 66.8 Å². The van der Waals surface area contributed by atoms with Gasteiger partial charge in [0.05, 0.1) is 18.6 Å². The summed E-state index contributed by atoms with van der Waals surface area (Å²) in [6, 6.07) is 0.387. The number of benzene rings is 1. The minimum Gasteiger partial charge on any atom is -0.503 e. The number of esters is 1. The van der Waals surface area contributed by atoms with Crippen LogP contribution in [0.3, 0.4) is 0 Å². The van der Waals surface area contributed by atoms with E-state index in [0.29, 0.717) is 12.5 Å². The number of phenols is 1. The highest BCUT2D eigenvalue weighted by Gasteiger charge is 2.34. The molecule has 1 aromatic rings. The standard InChI is InChI=1S/C13H12F3NO4/c1-21-13(20)6-2-3-17(5-6)12(19)7-4-8(14)10(16)11(18)9(7)15/h4,6,18H,2-3,5H2,1H3. The fraction of sp³-hybridized carbons (Fsp3) is 0.385. The van der Waals surface area contributed by atoms with E-state index in [-0.39, 0.29) is 13.1 Å². The highest BCUT2D eigenvalue weighted by molar-refractivity contribution is 5.95. The first kappa shape index (κ1) is 15.1. The number of likely N-dealkylation sites (tertiary alicyclic amines) is 1. The maximum Gasteiger partial charge on any atom is 0.310 e. The number of methoxy groups -OCH3 is 1. The molecule has 0 aromatic heterocycles. The van der Waals surface area contributed by atoms with Crippen LogP contribution in [-0.2, 0) is 9.53 Å². The van der Waals surface area contributed by atoms with E-state index >= 15 is 0 Å². The number of phenolic OH excluding ortho intramolecular Hbond substituents is 1. The zero-order valence-electron chi connectivity index (χ0n) is 11.0. The normalized spacial score (nSPS) is 17.9. The number of carbonyl (C=O) groups is 2. The van der Waals surface area contributed by atoms with Gasteiger partial charge in [0.2, 0.25) is 5.82 Å². The van der Waals surface area contributed by atoms with Crippen LogP contribution in [-0.4, -0.2) is 42.1 Å². The molecule has 1 amide bonds. The van der Waals surface area contributed by atoms with Crippen molar-refractivity contribution in [2.24, 2.45) is 5.92 Å². The summed E-state index contributed by atoms with van der Waals surface area (Å²) < 4.78 is 44.4. The van der Waals surface area contributed by atoms with Crippen molar-refractivity contribution in [3.05, 3.63) is 29.1 Å². The summed E-state index contributed by atoms with van der Waals surface area (Å²) >= 11 is 0. The van der Waals surface area contributed by atoms with Crippen molar-refractivity contribution in [2.45, 2.75) is 6.42 Å². The molecular weight excluding hydrogens is 291 g/mol. The van der Waals surface area contributed by atoms with Gasteiger partial charge in [-0.1, -0.05) is 0 Å². The molecule has 5 nitrogen and oxygen atoms in total. The molecule has 1 atom stereocenters. The second kappa shape index (κ2) is 5.63. The third kappa shape index (κ3) is 2.65. The summed E-state index contributed by atoms with van der Waals surface area (Å²) in [4.78, 5) is 24.6. The molecule has 1 N–H and O–H groups in total. The molecule has 114 valence electrons. The summed E-state index contributed by atoms with van der Waals surface area (Å²) in [7, 11) is 1.21. The summed E-state index contributed by atoms with van der Waals surface area (Å²) in [5, 5.41) is 9.10. The first-order valence-electron chi connectivity index (χ1n) is 6.10. The first-order chi connectivity index (χ1) is 9.86. The van der Waals surface area contributed by atoms with Crippen LogP contribution in [0.4, 0.5) is 13.2 Å². The van der Waals surface area contributed by atoms with Crippen molar-refractivity contribution >= 4 is 11.9 Å². The average molecular weight is 303 g/mol. The Labute approximate surface area is 117 Å². The van der Waals surface area contributed by atoms with Crippen LogP contribution >= 0.6 is 0 Å². The minimum atomic E-state index is -1.75. The lowest BCUT2D eigenvalue weighted by Crippen LogP contribution is -2.31. The van der Waals surface area contributed by atoms with Crippen LogP contribution < -0.4 is 0 Å². The van der Waals surface area contributed by atoms with Gasteiger partial charge in [0.1, 0.15) is 0 Å². The third-order valence-corrected chi connectivity index (χ3v) is 3.37. The number of halogens is 3. The molecule has 1 aliphatic heterocycles. The van der Waals surface area contributed by atoms with Crippen LogP contribution in [0.15, 0.2) is 6.07 Å². The zero-order valence-corrected chi connectivity index (χ0v) is 11.0. The lowest BCUT2D eigenvalue weighted by Gasteiger charge is -2.17. The minimum absolute atomic E-state index is 0.00922. The van der Waals surface area contributed by atoms with Crippen molar-refractivity contribution in [1.29, 1.82) is 0 Å². The zero-order chi connectivity index (χ0) is 15.7. The molecule has 1 aliphatic rings. The van der Waals surface area contributed by atoms with Gasteiger partial charge in [0, 0.05) is 13.1 Å². The van der Waals surface area contributed by atoms with Crippen molar-refractivity contribution < 1.29 is 32.6 Å². The van der Waals surface area contributed by atoms with Gasteiger partial charge in [-0.15, -0.1) is 0 Å². The van der Waals surface area contributed by atoms with Crippen LogP contribution in [0.25, 0.3) is 0 Å². The Hall–Kier alpha value is -2.25. The smallest absolute Gasteiger partial charge is 0.310 e. The molecule has 0 saturated carbocycles. The first-order valence-corrected chi connectivity index (χ1v) is 6.10. The molecule has 1 saturated heterocycles. The Morgan fingerprint density at radius 3 is 2.62 bits per heavy atom. The molecule has 21 heavy (non-hydrogen) atoms. The fourth-order valence-corrected chi connectivity index (χ4v) is 2.22. The number of aromatic hydroxyl groups is 1. The fourth-order valence-electron chi connectivity index (χ4n) is 2.22. The second-order valence-electron chi connectivity index (χ2n) is 4.64. The van der Waals surface area contributed by atoms with Crippen LogP contribution in [0.1, 0.15) is 16.8 Å². The summed E-state index contributed by atoms with van der Waals surface area (Å²) in [5.74, 6) is -8.31.